The normalized spacial score (nSPS) is 19.5. The van der Waals surface area contributed by atoms with Gasteiger partial charge in [-0.2, -0.15) is 5.10 Å². The van der Waals surface area contributed by atoms with Gasteiger partial charge in [0, 0.05) is 29.2 Å². The fraction of sp³-hybridized carbons (Fsp3) is 0.308. The summed E-state index contributed by atoms with van der Waals surface area (Å²) in [5.41, 5.74) is 7.11. The largest absolute Gasteiger partial charge is 0.497 e. The van der Waals surface area contributed by atoms with Crippen molar-refractivity contribution in [3.05, 3.63) is 76.5 Å². The molecule has 5 rings (SSSR count). The highest BCUT2D eigenvalue weighted by atomic mass is 16.5. The molecular formula is C26H27N3O2. The Labute approximate surface area is 182 Å². The van der Waals surface area contributed by atoms with Gasteiger partial charge in [-0.15, -0.1) is 0 Å². The second-order valence-corrected chi connectivity index (χ2v) is 9.39. The molecule has 0 saturated carbocycles. The van der Waals surface area contributed by atoms with Crippen LogP contribution >= 0.6 is 0 Å². The minimum absolute atomic E-state index is 0.0685. The van der Waals surface area contributed by atoms with Gasteiger partial charge in [-0.3, -0.25) is 9.89 Å². The third-order valence-corrected chi connectivity index (χ3v) is 6.36. The zero-order valence-corrected chi connectivity index (χ0v) is 18.4. The third kappa shape index (κ3) is 3.34. The minimum Gasteiger partial charge on any atom is -0.497 e. The van der Waals surface area contributed by atoms with Crippen LogP contribution in [0.25, 0.3) is 11.3 Å². The number of methoxy groups -OCH3 is 1. The van der Waals surface area contributed by atoms with Gasteiger partial charge in [-0.1, -0.05) is 55.8 Å². The molecule has 0 spiro atoms. The predicted octanol–water partition coefficient (Wildman–Crippen LogP) is 5.59. The van der Waals surface area contributed by atoms with Crippen molar-refractivity contribution in [1.29, 1.82) is 0 Å². The molecular weight excluding hydrogens is 386 g/mol. The maximum absolute atomic E-state index is 13.4. The molecule has 2 aliphatic rings. The number of benzene rings is 2. The number of anilines is 1. The molecule has 0 amide bonds. The minimum atomic E-state index is -0.171. The highest BCUT2D eigenvalue weighted by molar-refractivity contribution is 6.02. The van der Waals surface area contributed by atoms with Crippen LogP contribution in [-0.2, 0) is 4.79 Å². The van der Waals surface area contributed by atoms with E-state index in [0.717, 1.165) is 51.6 Å². The summed E-state index contributed by atoms with van der Waals surface area (Å²) in [6, 6.07) is 16.4. The Balaban J connectivity index is 1.71. The topological polar surface area (TPSA) is 67.0 Å². The fourth-order valence-electron chi connectivity index (χ4n) is 4.87. The van der Waals surface area contributed by atoms with Gasteiger partial charge in [-0.25, -0.2) is 0 Å². The number of allylic oxidation sites excluding steroid dienone is 2. The standard InChI is InChI=1S/C26H27N3O2/c1-15-5-7-17(8-6-15)24-23-21(16-9-11-18(31-4)12-10-16)22-19(27-25(23)29-28-24)13-26(2,3)14-20(22)30/h5-12,21H,13-14H2,1-4H3,(H2,27,28,29)/t21-/m1/s1. The quantitative estimate of drug-likeness (QED) is 0.587. The van der Waals surface area contributed by atoms with Gasteiger partial charge in [0.2, 0.25) is 0 Å². The van der Waals surface area contributed by atoms with Crippen molar-refractivity contribution >= 4 is 11.6 Å². The number of nitrogens with one attached hydrogen (secondary N) is 2. The second-order valence-electron chi connectivity index (χ2n) is 9.39. The van der Waals surface area contributed by atoms with E-state index in [4.69, 9.17) is 4.74 Å². The van der Waals surface area contributed by atoms with Crippen LogP contribution in [-0.4, -0.2) is 23.1 Å². The van der Waals surface area contributed by atoms with E-state index in [2.05, 4.69) is 72.7 Å². The summed E-state index contributed by atoms with van der Waals surface area (Å²) in [7, 11) is 1.66. The molecule has 1 aromatic heterocycles. The van der Waals surface area contributed by atoms with Gasteiger partial charge in [0.05, 0.1) is 12.8 Å². The van der Waals surface area contributed by atoms with Crippen molar-refractivity contribution in [3.8, 4) is 17.0 Å². The first-order valence-electron chi connectivity index (χ1n) is 10.7. The van der Waals surface area contributed by atoms with Gasteiger partial charge < -0.3 is 10.1 Å². The molecule has 0 radical (unpaired) electrons. The first kappa shape index (κ1) is 19.6. The zero-order chi connectivity index (χ0) is 21.8. The molecule has 158 valence electrons. The van der Waals surface area contributed by atoms with E-state index in [-0.39, 0.29) is 17.1 Å². The summed E-state index contributed by atoms with van der Waals surface area (Å²) in [4.78, 5) is 13.4. The molecule has 2 aromatic carbocycles. The number of ketones is 1. The Morgan fingerprint density at radius 1 is 1.03 bits per heavy atom. The molecule has 2 N–H and O–H groups in total. The van der Waals surface area contributed by atoms with Crippen LogP contribution in [0.2, 0.25) is 0 Å². The average Bonchev–Trinajstić information content (AvgIpc) is 3.15. The van der Waals surface area contributed by atoms with E-state index in [1.165, 1.54) is 5.56 Å². The fourth-order valence-corrected chi connectivity index (χ4v) is 4.87. The molecule has 1 aliphatic heterocycles. The number of aromatic amines is 1. The molecule has 31 heavy (non-hydrogen) atoms. The SMILES string of the molecule is COc1ccc([C@@H]2C3=C(CC(C)(C)CC3=O)Nc3n[nH]c(-c4ccc(C)cc4)c32)cc1. The summed E-state index contributed by atoms with van der Waals surface area (Å²) in [5.74, 6) is 1.65. The molecule has 3 aromatic rings. The number of aryl methyl sites for hydroxylation is 1. The van der Waals surface area contributed by atoms with Crippen LogP contribution in [0.5, 0.6) is 5.75 Å². The molecule has 5 heteroatoms. The number of aromatic nitrogens is 2. The number of nitrogens with zero attached hydrogens (tertiary/aromatic N) is 1. The van der Waals surface area contributed by atoms with E-state index in [1.807, 2.05) is 12.1 Å². The number of Topliss-reactive ketones (excluding diaryl/α,β-unsaturated/α-hetero) is 1. The molecule has 1 atom stereocenters. The van der Waals surface area contributed by atoms with Crippen LogP contribution in [0.4, 0.5) is 5.82 Å². The Morgan fingerprint density at radius 2 is 1.74 bits per heavy atom. The second kappa shape index (κ2) is 7.12. The maximum Gasteiger partial charge on any atom is 0.162 e. The Kier molecular flexibility index (Phi) is 4.50. The number of H-pyrrole nitrogens is 1. The summed E-state index contributed by atoms with van der Waals surface area (Å²) in [6.45, 7) is 6.38. The molecule has 5 nitrogen and oxygen atoms in total. The lowest BCUT2D eigenvalue weighted by Crippen LogP contribution is -2.33. The smallest absolute Gasteiger partial charge is 0.162 e. The number of hydrogen-bond donors (Lipinski definition) is 2. The zero-order valence-electron chi connectivity index (χ0n) is 18.4. The Hall–Kier alpha value is -3.34. The number of ether oxygens (including phenoxy) is 1. The van der Waals surface area contributed by atoms with E-state index in [1.54, 1.807) is 7.11 Å². The lowest BCUT2D eigenvalue weighted by atomic mass is 9.69. The number of carbonyl (C=O) groups excluding carboxylic acids is 1. The summed E-state index contributed by atoms with van der Waals surface area (Å²) >= 11 is 0. The van der Waals surface area contributed by atoms with Gasteiger partial charge in [0.1, 0.15) is 5.75 Å². The first-order valence-corrected chi connectivity index (χ1v) is 10.7. The van der Waals surface area contributed by atoms with Crippen molar-refractivity contribution in [2.24, 2.45) is 5.41 Å². The molecule has 0 saturated heterocycles. The maximum atomic E-state index is 13.4. The van der Waals surface area contributed by atoms with Crippen molar-refractivity contribution in [2.45, 2.75) is 39.5 Å². The van der Waals surface area contributed by atoms with Gasteiger partial charge in [0.15, 0.2) is 11.6 Å². The van der Waals surface area contributed by atoms with Crippen LogP contribution in [0.3, 0.4) is 0 Å². The third-order valence-electron chi connectivity index (χ3n) is 6.36. The number of hydrogen-bond acceptors (Lipinski definition) is 4. The van der Waals surface area contributed by atoms with E-state index >= 15 is 0 Å². The number of rotatable bonds is 3. The highest BCUT2D eigenvalue weighted by Gasteiger charge is 2.42. The molecule has 2 heterocycles. The number of carbonyl (C=O) groups is 1. The summed E-state index contributed by atoms with van der Waals surface area (Å²) in [6.07, 6.45) is 1.38. The average molecular weight is 414 g/mol. The van der Waals surface area contributed by atoms with Crippen molar-refractivity contribution in [2.75, 3.05) is 12.4 Å². The Bertz CT molecular complexity index is 1180. The van der Waals surface area contributed by atoms with Crippen LogP contribution in [0.1, 0.15) is 49.3 Å². The van der Waals surface area contributed by atoms with E-state index in [0.29, 0.717) is 6.42 Å². The highest BCUT2D eigenvalue weighted by Crippen LogP contribution is 2.50. The van der Waals surface area contributed by atoms with E-state index in [9.17, 15) is 4.79 Å². The predicted molar refractivity (Wildman–Crippen MR) is 122 cm³/mol. The number of fused-ring (bicyclic) bond motifs is 1. The molecule has 0 fully saturated rings. The van der Waals surface area contributed by atoms with Crippen molar-refractivity contribution < 1.29 is 9.53 Å². The van der Waals surface area contributed by atoms with Crippen LogP contribution in [0.15, 0.2) is 59.8 Å². The van der Waals surface area contributed by atoms with Crippen LogP contribution < -0.4 is 10.1 Å². The lowest BCUT2D eigenvalue weighted by molar-refractivity contribution is -0.118. The van der Waals surface area contributed by atoms with Gasteiger partial charge >= 0.3 is 0 Å². The monoisotopic (exact) mass is 413 g/mol. The first-order chi connectivity index (χ1) is 14.9. The van der Waals surface area contributed by atoms with E-state index < -0.39 is 0 Å². The van der Waals surface area contributed by atoms with Crippen LogP contribution in [0, 0.1) is 12.3 Å². The van der Waals surface area contributed by atoms with Crippen molar-refractivity contribution in [1.82, 2.24) is 10.2 Å². The lowest BCUT2D eigenvalue weighted by Gasteiger charge is -2.38. The summed E-state index contributed by atoms with van der Waals surface area (Å²) < 4.78 is 5.36. The summed E-state index contributed by atoms with van der Waals surface area (Å²) in [5, 5.41) is 11.4. The van der Waals surface area contributed by atoms with Crippen molar-refractivity contribution in [3.63, 3.8) is 0 Å². The molecule has 0 bridgehead atoms. The van der Waals surface area contributed by atoms with Gasteiger partial charge in [-0.05, 0) is 42.0 Å². The van der Waals surface area contributed by atoms with Gasteiger partial charge in [0.25, 0.3) is 0 Å². The molecule has 0 unspecified atom stereocenters. The molecule has 1 aliphatic carbocycles. The Morgan fingerprint density at radius 3 is 2.42 bits per heavy atom.